The zero-order chi connectivity index (χ0) is 16.3. The van der Waals surface area contributed by atoms with Crippen LogP contribution in [0.3, 0.4) is 0 Å². The standard InChI is InChI=1S/C16H13ClN6S/c1-18-10-4-2-3-9(7-10)15-22-23-16-20-13-6-5-12-11(8-19-21-12)14(13)24(15,16)17/h2-8,18H,1H3,(H,19,21)(H,20,23). The molecule has 0 saturated carbocycles. The number of anilines is 1. The van der Waals surface area contributed by atoms with Crippen LogP contribution in [0.4, 0.5) is 11.4 Å². The maximum Gasteiger partial charge on any atom is 0.188 e. The molecular formula is C16H13ClN6S. The molecule has 5 rings (SSSR count). The molecular weight excluding hydrogens is 344 g/mol. The molecule has 2 aliphatic rings. The topological polar surface area (TPSA) is 77.5 Å². The number of aromatic nitrogens is 2. The fourth-order valence-electron chi connectivity index (χ4n) is 3.10. The summed E-state index contributed by atoms with van der Waals surface area (Å²) in [6, 6.07) is 12.0. The Balaban J connectivity index is 1.75. The largest absolute Gasteiger partial charge is 0.388 e. The van der Waals surface area contributed by atoms with Gasteiger partial charge in [0.15, 0.2) is 5.17 Å². The Bertz CT molecular complexity index is 1060. The number of fused-ring (bicyclic) bond motifs is 5. The minimum absolute atomic E-state index is 0.720. The lowest BCUT2D eigenvalue weighted by atomic mass is 10.2. The first-order valence-corrected chi connectivity index (χ1v) is 9.87. The quantitative estimate of drug-likeness (QED) is 0.652. The van der Waals surface area contributed by atoms with Crippen molar-refractivity contribution in [2.45, 2.75) is 4.90 Å². The van der Waals surface area contributed by atoms with Crippen LogP contribution in [0, 0.1) is 0 Å². The first-order chi connectivity index (χ1) is 11.7. The first-order valence-electron chi connectivity index (χ1n) is 7.41. The maximum atomic E-state index is 7.23. The second kappa shape index (κ2) is 4.75. The van der Waals surface area contributed by atoms with Crippen LogP contribution in [-0.2, 0) is 0 Å². The second-order valence-electron chi connectivity index (χ2n) is 5.56. The van der Waals surface area contributed by atoms with Crippen LogP contribution in [0.1, 0.15) is 5.56 Å². The summed E-state index contributed by atoms with van der Waals surface area (Å²) in [7, 11) is 7.11. The van der Waals surface area contributed by atoms with Crippen LogP contribution in [0.25, 0.3) is 10.9 Å². The summed E-state index contributed by atoms with van der Waals surface area (Å²) in [5, 5.41) is 17.4. The van der Waals surface area contributed by atoms with E-state index in [1.807, 2.05) is 49.6 Å². The van der Waals surface area contributed by atoms with Gasteiger partial charge in [0.1, 0.15) is 5.04 Å². The number of aromatic amines is 1. The van der Waals surface area contributed by atoms with Gasteiger partial charge >= 0.3 is 0 Å². The number of rotatable bonds is 2. The Morgan fingerprint density at radius 1 is 1.21 bits per heavy atom. The minimum atomic E-state index is -2.01. The Hall–Kier alpha value is -2.51. The van der Waals surface area contributed by atoms with E-state index in [2.05, 4.69) is 31.0 Å². The molecule has 2 aliphatic heterocycles. The second-order valence-corrected chi connectivity index (χ2v) is 9.20. The average Bonchev–Trinajstić information content (AvgIpc) is 3.26. The summed E-state index contributed by atoms with van der Waals surface area (Å²) in [4.78, 5) is 5.68. The van der Waals surface area contributed by atoms with Crippen molar-refractivity contribution in [1.82, 2.24) is 15.6 Å². The summed E-state index contributed by atoms with van der Waals surface area (Å²) in [6.45, 7) is 0. The summed E-state index contributed by atoms with van der Waals surface area (Å²) < 4.78 is 0. The van der Waals surface area contributed by atoms with Crippen molar-refractivity contribution in [3.63, 3.8) is 0 Å². The number of amidine groups is 1. The van der Waals surface area contributed by atoms with Gasteiger partial charge in [0.25, 0.3) is 0 Å². The van der Waals surface area contributed by atoms with Crippen LogP contribution in [-0.4, -0.2) is 27.5 Å². The molecule has 1 atom stereocenters. The van der Waals surface area contributed by atoms with Crippen molar-refractivity contribution in [1.29, 1.82) is 0 Å². The highest BCUT2D eigenvalue weighted by Crippen LogP contribution is 2.72. The van der Waals surface area contributed by atoms with Crippen molar-refractivity contribution in [2.24, 2.45) is 10.1 Å². The molecule has 0 saturated heterocycles. The van der Waals surface area contributed by atoms with Crippen LogP contribution in [0.5, 0.6) is 0 Å². The number of aliphatic imine (C=N–C) groups is 1. The summed E-state index contributed by atoms with van der Waals surface area (Å²) in [5.41, 5.74) is 6.87. The van der Waals surface area contributed by atoms with Crippen molar-refractivity contribution >= 4 is 52.4 Å². The van der Waals surface area contributed by atoms with Gasteiger partial charge in [-0.2, -0.15) is 10.2 Å². The number of H-pyrrole nitrogens is 1. The van der Waals surface area contributed by atoms with Crippen LogP contribution >= 0.6 is 19.9 Å². The lowest BCUT2D eigenvalue weighted by Crippen LogP contribution is -2.14. The molecule has 0 spiro atoms. The Kier molecular flexibility index (Phi) is 2.75. The minimum Gasteiger partial charge on any atom is -0.388 e. The van der Waals surface area contributed by atoms with E-state index in [9.17, 15) is 0 Å². The molecule has 8 heteroatoms. The highest BCUT2D eigenvalue weighted by Gasteiger charge is 2.47. The number of hydrazone groups is 1. The van der Waals surface area contributed by atoms with Crippen molar-refractivity contribution in [3.8, 4) is 0 Å². The van der Waals surface area contributed by atoms with Gasteiger partial charge < -0.3 is 5.32 Å². The molecule has 3 N–H and O–H groups in total. The van der Waals surface area contributed by atoms with Gasteiger partial charge in [0.2, 0.25) is 0 Å². The third-order valence-electron chi connectivity index (χ3n) is 4.24. The van der Waals surface area contributed by atoms with E-state index in [1.165, 1.54) is 0 Å². The average molecular weight is 357 g/mol. The maximum absolute atomic E-state index is 7.23. The molecule has 120 valence electrons. The summed E-state index contributed by atoms with van der Waals surface area (Å²) >= 11 is 0. The molecule has 3 aromatic rings. The van der Waals surface area contributed by atoms with Crippen LogP contribution in [0.15, 0.2) is 57.6 Å². The van der Waals surface area contributed by atoms with Gasteiger partial charge in [-0.3, -0.25) is 10.5 Å². The van der Waals surface area contributed by atoms with E-state index in [0.717, 1.165) is 42.9 Å². The Morgan fingerprint density at radius 2 is 2.12 bits per heavy atom. The van der Waals surface area contributed by atoms with Gasteiger partial charge in [0.05, 0.1) is 22.3 Å². The number of hydrogen-bond donors (Lipinski definition) is 3. The van der Waals surface area contributed by atoms with Gasteiger partial charge in [-0.05, 0) is 44.2 Å². The molecule has 0 radical (unpaired) electrons. The summed E-state index contributed by atoms with van der Waals surface area (Å²) in [6.07, 6.45) is 1.81. The summed E-state index contributed by atoms with van der Waals surface area (Å²) in [5.74, 6) is 0. The Morgan fingerprint density at radius 3 is 3.00 bits per heavy atom. The lowest BCUT2D eigenvalue weighted by molar-refractivity contribution is 1.06. The molecule has 3 heterocycles. The highest BCUT2D eigenvalue weighted by atomic mass is 35.7. The molecule has 24 heavy (non-hydrogen) atoms. The molecule has 0 aliphatic carbocycles. The third-order valence-corrected chi connectivity index (χ3v) is 8.15. The monoisotopic (exact) mass is 356 g/mol. The van der Waals surface area contributed by atoms with E-state index in [1.54, 1.807) is 0 Å². The molecule has 6 nitrogen and oxygen atoms in total. The van der Waals surface area contributed by atoms with Gasteiger partial charge in [0, 0.05) is 23.7 Å². The van der Waals surface area contributed by atoms with Gasteiger partial charge in [-0.15, -0.1) is 0 Å². The zero-order valence-corrected chi connectivity index (χ0v) is 14.2. The van der Waals surface area contributed by atoms with E-state index in [0.29, 0.717) is 0 Å². The van der Waals surface area contributed by atoms with Crippen LogP contribution < -0.4 is 10.7 Å². The molecule has 2 aromatic carbocycles. The van der Waals surface area contributed by atoms with E-state index < -0.39 is 9.24 Å². The zero-order valence-electron chi connectivity index (χ0n) is 12.7. The van der Waals surface area contributed by atoms with Gasteiger partial charge in [-0.25, -0.2) is 4.99 Å². The first kappa shape index (κ1) is 13.9. The number of benzene rings is 2. The fraction of sp³-hybridized carbons (Fsp3) is 0.0625. The molecule has 1 aromatic heterocycles. The number of nitrogens with one attached hydrogen (secondary N) is 3. The molecule has 1 unspecified atom stereocenters. The predicted octanol–water partition coefficient (Wildman–Crippen LogP) is 3.89. The van der Waals surface area contributed by atoms with Gasteiger partial charge in [-0.1, -0.05) is 12.1 Å². The fourth-order valence-corrected chi connectivity index (χ4v) is 6.63. The van der Waals surface area contributed by atoms with Crippen LogP contribution in [0.2, 0.25) is 0 Å². The number of nitrogens with zero attached hydrogens (tertiary/aromatic N) is 3. The van der Waals surface area contributed by atoms with Crippen molar-refractivity contribution < 1.29 is 0 Å². The van der Waals surface area contributed by atoms with E-state index >= 15 is 0 Å². The van der Waals surface area contributed by atoms with Crippen molar-refractivity contribution in [3.05, 3.63) is 48.2 Å². The number of hydrogen-bond acceptors (Lipinski definition) is 5. The molecule has 0 amide bonds. The van der Waals surface area contributed by atoms with E-state index in [4.69, 9.17) is 10.7 Å². The molecule has 0 fully saturated rings. The lowest BCUT2D eigenvalue weighted by Gasteiger charge is -2.26. The molecule has 0 bridgehead atoms. The predicted molar refractivity (Wildman–Crippen MR) is 101 cm³/mol. The third kappa shape index (κ3) is 1.65. The highest BCUT2D eigenvalue weighted by molar-refractivity contribution is 8.71. The smallest absolute Gasteiger partial charge is 0.188 e. The van der Waals surface area contributed by atoms with E-state index in [-0.39, 0.29) is 0 Å². The normalized spacial score (nSPS) is 23.8. The number of halogens is 1. The Labute approximate surface area is 143 Å². The SMILES string of the molecule is CNc1cccc(C2=NNC3=Nc4ccc5[nH]ncc5c4S32Cl)c1. The van der Waals surface area contributed by atoms with Crippen molar-refractivity contribution in [2.75, 3.05) is 12.4 Å².